The van der Waals surface area contributed by atoms with Crippen molar-refractivity contribution >= 4 is 5.78 Å². The Kier molecular flexibility index (Phi) is 6.02. The fourth-order valence-electron chi connectivity index (χ4n) is 2.87. The van der Waals surface area contributed by atoms with Crippen LogP contribution in [0, 0.1) is 13.8 Å². The molecule has 26 heavy (non-hydrogen) atoms. The van der Waals surface area contributed by atoms with Crippen LogP contribution in [-0.2, 0) is 6.67 Å². The summed E-state index contributed by atoms with van der Waals surface area (Å²) in [5, 5.41) is 0. The summed E-state index contributed by atoms with van der Waals surface area (Å²) in [5.74, 6) is 0.525. The van der Waals surface area contributed by atoms with Gasteiger partial charge in [0.15, 0.2) is 11.5 Å². The highest BCUT2D eigenvalue weighted by atomic mass is 19.1. The van der Waals surface area contributed by atoms with Crippen LogP contribution in [0.3, 0.4) is 0 Å². The number of aromatic nitrogens is 1. The smallest absolute Gasteiger partial charge is 0.224 e. The lowest BCUT2D eigenvalue weighted by molar-refractivity contribution is 0.102. The first-order valence-electron chi connectivity index (χ1n) is 7.87. The normalized spacial score (nSPS) is 10.4. The van der Waals surface area contributed by atoms with E-state index in [4.69, 9.17) is 18.9 Å². The van der Waals surface area contributed by atoms with Crippen molar-refractivity contribution in [2.75, 3.05) is 28.4 Å². The summed E-state index contributed by atoms with van der Waals surface area (Å²) in [4.78, 5) is 17.5. The average Bonchev–Trinajstić information content (AvgIpc) is 2.65. The van der Waals surface area contributed by atoms with Crippen molar-refractivity contribution in [3.63, 3.8) is 0 Å². The molecule has 0 bridgehead atoms. The topological polar surface area (TPSA) is 66.9 Å². The molecule has 0 spiro atoms. The predicted octanol–water partition coefficient (Wildman–Crippen LogP) is 3.43. The molecule has 2 rings (SSSR count). The van der Waals surface area contributed by atoms with E-state index in [-0.39, 0.29) is 34.1 Å². The van der Waals surface area contributed by atoms with E-state index < -0.39 is 12.5 Å². The second-order valence-corrected chi connectivity index (χ2v) is 5.60. The molecule has 1 aromatic heterocycles. The van der Waals surface area contributed by atoms with E-state index in [1.807, 2.05) is 0 Å². The lowest BCUT2D eigenvalue weighted by Gasteiger charge is -2.19. The molecule has 140 valence electrons. The maximum atomic E-state index is 13.7. The van der Waals surface area contributed by atoms with Crippen molar-refractivity contribution < 1.29 is 28.1 Å². The molecule has 1 heterocycles. The van der Waals surface area contributed by atoms with E-state index >= 15 is 0 Å². The number of carbonyl (C=O) groups is 1. The van der Waals surface area contributed by atoms with Gasteiger partial charge in [0.05, 0.1) is 39.6 Å². The van der Waals surface area contributed by atoms with Crippen molar-refractivity contribution in [2.45, 2.75) is 20.5 Å². The molecule has 0 unspecified atom stereocenters. The average molecular weight is 363 g/mol. The lowest BCUT2D eigenvalue weighted by atomic mass is 9.93. The summed E-state index contributed by atoms with van der Waals surface area (Å²) < 4.78 is 35.0. The SMILES string of the molecule is COc1cc(C)c(C(=O)c2c(OC)ncc(C)c2CF)c(OC)c1OC. The van der Waals surface area contributed by atoms with Crippen LogP contribution >= 0.6 is 0 Å². The van der Waals surface area contributed by atoms with E-state index in [1.54, 1.807) is 19.9 Å². The standard InChI is InChI=1S/C19H22FNO5/c1-10-7-13(23-3)17(24-4)18(25-5)14(10)16(22)15-12(8-20)11(2)9-21-19(15)26-6/h7,9H,8H2,1-6H3. The molecule has 7 heteroatoms. The quantitative estimate of drug-likeness (QED) is 0.702. The van der Waals surface area contributed by atoms with Crippen LogP contribution in [0.25, 0.3) is 0 Å². The van der Waals surface area contributed by atoms with Crippen molar-refractivity contribution in [3.05, 3.63) is 40.1 Å². The van der Waals surface area contributed by atoms with Gasteiger partial charge in [0.25, 0.3) is 0 Å². The predicted molar refractivity (Wildman–Crippen MR) is 94.6 cm³/mol. The summed E-state index contributed by atoms with van der Waals surface area (Å²) in [6.45, 7) is 2.61. The first-order chi connectivity index (χ1) is 12.4. The van der Waals surface area contributed by atoms with E-state index in [0.717, 1.165) is 0 Å². The second-order valence-electron chi connectivity index (χ2n) is 5.60. The number of carbonyl (C=O) groups excluding carboxylic acids is 1. The molecule has 0 N–H and O–H groups in total. The van der Waals surface area contributed by atoms with Gasteiger partial charge in [0, 0.05) is 11.8 Å². The summed E-state index contributed by atoms with van der Waals surface area (Å²) in [7, 11) is 5.75. The second kappa shape index (κ2) is 8.03. The molecular formula is C19H22FNO5. The highest BCUT2D eigenvalue weighted by Crippen LogP contribution is 2.43. The minimum Gasteiger partial charge on any atom is -0.493 e. The molecule has 0 fully saturated rings. The molecule has 0 aliphatic heterocycles. The van der Waals surface area contributed by atoms with Crippen molar-refractivity contribution in [1.82, 2.24) is 4.98 Å². The van der Waals surface area contributed by atoms with Crippen molar-refractivity contribution in [2.24, 2.45) is 0 Å². The number of ketones is 1. The zero-order chi connectivity index (χ0) is 19.4. The fourth-order valence-corrected chi connectivity index (χ4v) is 2.87. The largest absolute Gasteiger partial charge is 0.493 e. The number of pyridine rings is 1. The third-order valence-electron chi connectivity index (χ3n) is 4.18. The Morgan fingerprint density at radius 2 is 1.62 bits per heavy atom. The van der Waals surface area contributed by atoms with Crippen LogP contribution in [0.5, 0.6) is 23.1 Å². The number of benzene rings is 1. The van der Waals surface area contributed by atoms with Crippen LogP contribution in [0.1, 0.15) is 32.6 Å². The number of rotatable bonds is 7. The Labute approximate surface area is 151 Å². The first kappa shape index (κ1) is 19.5. The summed E-state index contributed by atoms with van der Waals surface area (Å²) in [5.41, 5.74) is 1.71. The maximum absolute atomic E-state index is 13.7. The van der Waals surface area contributed by atoms with Crippen molar-refractivity contribution in [3.8, 4) is 23.1 Å². The number of aryl methyl sites for hydroxylation is 2. The molecule has 2 aromatic rings. The minimum absolute atomic E-state index is 0.0597. The zero-order valence-corrected chi connectivity index (χ0v) is 15.7. The van der Waals surface area contributed by atoms with E-state index in [0.29, 0.717) is 16.9 Å². The molecule has 0 saturated carbocycles. The molecular weight excluding hydrogens is 341 g/mol. The number of alkyl halides is 1. The first-order valence-corrected chi connectivity index (χ1v) is 7.87. The van der Waals surface area contributed by atoms with Gasteiger partial charge >= 0.3 is 0 Å². The van der Waals surface area contributed by atoms with E-state index in [9.17, 15) is 9.18 Å². The van der Waals surface area contributed by atoms with Gasteiger partial charge in [0.2, 0.25) is 17.4 Å². The monoisotopic (exact) mass is 363 g/mol. The summed E-state index contributed by atoms with van der Waals surface area (Å²) in [6.07, 6.45) is 1.48. The number of halogens is 1. The maximum Gasteiger partial charge on any atom is 0.224 e. The van der Waals surface area contributed by atoms with Gasteiger partial charge in [-0.3, -0.25) is 4.79 Å². The fraction of sp³-hybridized carbons (Fsp3) is 0.368. The minimum atomic E-state index is -0.819. The van der Waals surface area contributed by atoms with Crippen molar-refractivity contribution in [1.29, 1.82) is 0 Å². The molecule has 0 aliphatic rings. The van der Waals surface area contributed by atoms with Crippen LogP contribution in [-0.4, -0.2) is 39.2 Å². The highest BCUT2D eigenvalue weighted by molar-refractivity contribution is 6.14. The number of methoxy groups -OCH3 is 4. The molecule has 0 amide bonds. The van der Waals surface area contributed by atoms with Crippen LogP contribution in [0.2, 0.25) is 0 Å². The molecule has 0 aliphatic carbocycles. The Balaban J connectivity index is 2.82. The Bertz CT molecular complexity index is 835. The lowest BCUT2D eigenvalue weighted by Crippen LogP contribution is -2.13. The van der Waals surface area contributed by atoms with E-state index in [1.165, 1.54) is 34.6 Å². The number of nitrogens with zero attached hydrogens (tertiary/aromatic N) is 1. The number of ether oxygens (including phenoxy) is 4. The zero-order valence-electron chi connectivity index (χ0n) is 15.7. The highest BCUT2D eigenvalue weighted by Gasteiger charge is 2.29. The summed E-state index contributed by atoms with van der Waals surface area (Å²) >= 11 is 0. The van der Waals surface area contributed by atoms with Gasteiger partial charge in [-0.05, 0) is 31.0 Å². The third kappa shape index (κ3) is 3.16. The van der Waals surface area contributed by atoms with Gasteiger partial charge in [0.1, 0.15) is 6.67 Å². The Morgan fingerprint density at radius 1 is 0.962 bits per heavy atom. The summed E-state index contributed by atoms with van der Waals surface area (Å²) in [6, 6.07) is 1.67. The van der Waals surface area contributed by atoms with Gasteiger partial charge in [-0.2, -0.15) is 0 Å². The van der Waals surface area contributed by atoms with Crippen LogP contribution in [0.15, 0.2) is 12.3 Å². The third-order valence-corrected chi connectivity index (χ3v) is 4.18. The van der Waals surface area contributed by atoms with Gasteiger partial charge in [-0.1, -0.05) is 0 Å². The Morgan fingerprint density at radius 3 is 2.12 bits per heavy atom. The molecule has 0 atom stereocenters. The molecule has 0 radical (unpaired) electrons. The molecule has 6 nitrogen and oxygen atoms in total. The van der Waals surface area contributed by atoms with Gasteiger partial charge < -0.3 is 18.9 Å². The molecule has 1 aromatic carbocycles. The number of hydrogen-bond donors (Lipinski definition) is 0. The van der Waals surface area contributed by atoms with E-state index in [2.05, 4.69) is 4.98 Å². The molecule has 0 saturated heterocycles. The van der Waals surface area contributed by atoms with Gasteiger partial charge in [-0.15, -0.1) is 0 Å². The van der Waals surface area contributed by atoms with Gasteiger partial charge in [-0.25, -0.2) is 9.37 Å². The van der Waals surface area contributed by atoms with Crippen LogP contribution in [0.4, 0.5) is 4.39 Å². The Hall–Kier alpha value is -2.83. The number of hydrogen-bond acceptors (Lipinski definition) is 6. The van der Waals surface area contributed by atoms with Crippen LogP contribution < -0.4 is 18.9 Å².